The van der Waals surface area contributed by atoms with Gasteiger partial charge in [-0.3, -0.25) is 14.8 Å². The van der Waals surface area contributed by atoms with Crippen molar-refractivity contribution in [1.29, 1.82) is 0 Å². The van der Waals surface area contributed by atoms with E-state index in [1.54, 1.807) is 24.1 Å². The maximum Gasteiger partial charge on any atom is 0.269 e. The smallest absolute Gasteiger partial charge is 0.259 e. The van der Waals surface area contributed by atoms with E-state index in [-0.39, 0.29) is 10.6 Å². The van der Waals surface area contributed by atoms with E-state index >= 15 is 0 Å². The zero-order valence-corrected chi connectivity index (χ0v) is 11.0. The molecule has 0 bridgehead atoms. The number of rotatable bonds is 5. The Labute approximate surface area is 106 Å². The van der Waals surface area contributed by atoms with E-state index in [0.717, 1.165) is 10.8 Å². The molecule has 0 radical (unpaired) electrons. The molecule has 1 aliphatic rings. The summed E-state index contributed by atoms with van der Waals surface area (Å²) in [6.07, 6.45) is 2.57. The van der Waals surface area contributed by atoms with Gasteiger partial charge >= 0.3 is 0 Å². The number of non-ortho nitro benzene ring substituents is 1. The average molecular weight is 254 g/mol. The Morgan fingerprint density at radius 1 is 1.47 bits per heavy atom. The van der Waals surface area contributed by atoms with Gasteiger partial charge in [0.1, 0.15) is 0 Å². The van der Waals surface area contributed by atoms with Crippen LogP contribution in [0.5, 0.6) is 0 Å². The maximum atomic E-state index is 10.5. The second-order valence-electron chi connectivity index (χ2n) is 3.57. The molecule has 1 aliphatic carbocycles. The molecule has 0 amide bonds. The molecule has 0 heterocycles. The monoisotopic (exact) mass is 254 g/mol. The predicted molar refractivity (Wildman–Crippen MR) is 71.9 cm³/mol. The molecular formula is C12H18N2O2S. The van der Waals surface area contributed by atoms with Gasteiger partial charge in [0.05, 0.1) is 4.92 Å². The molecule has 5 heteroatoms. The van der Waals surface area contributed by atoms with Gasteiger partial charge in [0, 0.05) is 23.9 Å². The molecule has 1 fully saturated rings. The number of benzene rings is 1. The summed E-state index contributed by atoms with van der Waals surface area (Å²) in [5.41, 5.74) is 1.11. The molecule has 1 saturated carbocycles. The molecule has 1 N–H and O–H groups in total. The third kappa shape index (κ3) is 5.19. The first kappa shape index (κ1) is 14.0. The number of nitrogens with one attached hydrogen (secondary N) is 1. The van der Waals surface area contributed by atoms with Gasteiger partial charge in [0.15, 0.2) is 0 Å². The van der Waals surface area contributed by atoms with Crippen molar-refractivity contribution >= 4 is 17.6 Å². The Morgan fingerprint density at radius 2 is 2.18 bits per heavy atom. The zero-order chi connectivity index (χ0) is 12.7. The molecule has 0 spiro atoms. The van der Waals surface area contributed by atoms with Gasteiger partial charge < -0.3 is 0 Å². The van der Waals surface area contributed by atoms with E-state index in [4.69, 9.17) is 0 Å². The van der Waals surface area contributed by atoms with Crippen LogP contribution in [0.15, 0.2) is 24.3 Å². The first-order valence-corrected chi connectivity index (χ1v) is 6.75. The molecule has 1 aromatic rings. The van der Waals surface area contributed by atoms with Crippen LogP contribution in [0.1, 0.15) is 32.3 Å². The quantitative estimate of drug-likeness (QED) is 0.496. The summed E-state index contributed by atoms with van der Waals surface area (Å²) in [6, 6.07) is 6.74. The van der Waals surface area contributed by atoms with Crippen LogP contribution in [0.4, 0.5) is 5.69 Å². The number of nitro groups is 1. The summed E-state index contributed by atoms with van der Waals surface area (Å²) < 4.78 is 3.22. The molecule has 0 atom stereocenters. The van der Waals surface area contributed by atoms with Gasteiger partial charge in [-0.2, -0.15) is 0 Å². The van der Waals surface area contributed by atoms with Crippen LogP contribution in [0, 0.1) is 10.1 Å². The lowest BCUT2D eigenvalue weighted by Crippen LogP contribution is -2.04. The average Bonchev–Trinajstić information content (AvgIpc) is 3.16. The number of nitrogens with zero attached hydrogens (tertiary/aromatic N) is 1. The van der Waals surface area contributed by atoms with Gasteiger partial charge in [-0.15, -0.1) is 0 Å². The van der Waals surface area contributed by atoms with Crippen LogP contribution in [0.3, 0.4) is 0 Å². The third-order valence-corrected chi connectivity index (χ3v) is 3.29. The Bertz CT molecular complexity index is 367. The Kier molecular flexibility index (Phi) is 6.00. The summed E-state index contributed by atoms with van der Waals surface area (Å²) in [7, 11) is 0. The van der Waals surface area contributed by atoms with Crippen LogP contribution in [0.2, 0.25) is 0 Å². The van der Waals surface area contributed by atoms with Crippen molar-refractivity contribution in [1.82, 2.24) is 4.72 Å². The van der Waals surface area contributed by atoms with Crippen molar-refractivity contribution in [2.45, 2.75) is 38.5 Å². The van der Waals surface area contributed by atoms with Crippen LogP contribution in [-0.4, -0.2) is 10.2 Å². The summed E-state index contributed by atoms with van der Waals surface area (Å²) >= 11 is 1.73. The fraction of sp³-hybridized carbons (Fsp3) is 0.500. The summed E-state index contributed by atoms with van der Waals surface area (Å²) in [6.45, 7) is 4.68. The van der Waals surface area contributed by atoms with Crippen LogP contribution >= 0.6 is 11.9 Å². The normalized spacial score (nSPS) is 13.8. The first-order valence-electron chi connectivity index (χ1n) is 5.87. The minimum Gasteiger partial charge on any atom is -0.259 e. The van der Waals surface area contributed by atoms with Gasteiger partial charge in [-0.05, 0) is 18.4 Å². The van der Waals surface area contributed by atoms with Crippen molar-refractivity contribution in [2.75, 3.05) is 0 Å². The first-order chi connectivity index (χ1) is 8.25. The maximum absolute atomic E-state index is 10.5. The molecule has 0 saturated heterocycles. The number of nitro benzene ring substituents is 1. The largest absolute Gasteiger partial charge is 0.269 e. The molecule has 94 valence electrons. The zero-order valence-electron chi connectivity index (χ0n) is 10.2. The highest BCUT2D eigenvalue weighted by Gasteiger charge is 2.21. The Balaban J connectivity index is 0.000000686. The lowest BCUT2D eigenvalue weighted by Gasteiger charge is -2.02. The van der Waals surface area contributed by atoms with E-state index in [1.165, 1.54) is 18.9 Å². The third-order valence-electron chi connectivity index (χ3n) is 2.17. The SMILES string of the molecule is CC.O=[N+]([O-])c1cccc(CNSC2CC2)c1. The predicted octanol–water partition coefficient (Wildman–Crippen LogP) is 3.52. The highest BCUT2D eigenvalue weighted by atomic mass is 32.2. The summed E-state index contributed by atoms with van der Waals surface area (Å²) in [5, 5.41) is 11.3. The van der Waals surface area contributed by atoms with E-state index in [1.807, 2.05) is 19.9 Å². The van der Waals surface area contributed by atoms with E-state index in [0.29, 0.717) is 6.54 Å². The van der Waals surface area contributed by atoms with Gasteiger partial charge in [0.2, 0.25) is 0 Å². The minimum atomic E-state index is -0.364. The van der Waals surface area contributed by atoms with E-state index in [2.05, 4.69) is 4.72 Å². The van der Waals surface area contributed by atoms with E-state index in [9.17, 15) is 10.1 Å². The molecular weight excluding hydrogens is 236 g/mol. The van der Waals surface area contributed by atoms with Crippen LogP contribution < -0.4 is 4.72 Å². The number of hydrogen-bond acceptors (Lipinski definition) is 4. The van der Waals surface area contributed by atoms with Gasteiger partial charge in [-0.25, -0.2) is 0 Å². The van der Waals surface area contributed by atoms with Crippen molar-refractivity contribution in [3.05, 3.63) is 39.9 Å². The molecule has 4 nitrogen and oxygen atoms in total. The summed E-state index contributed by atoms with van der Waals surface area (Å²) in [5.74, 6) is 0. The second kappa shape index (κ2) is 7.29. The van der Waals surface area contributed by atoms with Crippen molar-refractivity contribution in [3.8, 4) is 0 Å². The molecule has 17 heavy (non-hydrogen) atoms. The standard InChI is InChI=1S/C10H12N2O2S.C2H6/c13-12(14)9-3-1-2-8(6-9)7-11-15-10-4-5-10;1-2/h1-3,6,10-11H,4-5,7H2;1-2H3. The van der Waals surface area contributed by atoms with Crippen molar-refractivity contribution in [2.24, 2.45) is 0 Å². The van der Waals surface area contributed by atoms with Crippen molar-refractivity contribution in [3.63, 3.8) is 0 Å². The van der Waals surface area contributed by atoms with Crippen LogP contribution in [-0.2, 0) is 6.54 Å². The molecule has 0 unspecified atom stereocenters. The lowest BCUT2D eigenvalue weighted by atomic mass is 10.2. The topological polar surface area (TPSA) is 55.2 Å². The van der Waals surface area contributed by atoms with Gasteiger partial charge in [-0.1, -0.05) is 37.9 Å². The Hall–Kier alpha value is -1.07. The number of hydrogen-bond donors (Lipinski definition) is 1. The fourth-order valence-electron chi connectivity index (χ4n) is 1.21. The molecule has 0 aliphatic heterocycles. The Morgan fingerprint density at radius 3 is 2.76 bits per heavy atom. The second-order valence-corrected chi connectivity index (χ2v) is 4.76. The minimum absolute atomic E-state index is 0.158. The molecule has 2 rings (SSSR count). The molecule has 0 aromatic heterocycles. The summed E-state index contributed by atoms with van der Waals surface area (Å²) in [4.78, 5) is 10.2. The fourth-order valence-corrected chi connectivity index (χ4v) is 2.07. The van der Waals surface area contributed by atoms with Crippen molar-refractivity contribution < 1.29 is 4.92 Å². The van der Waals surface area contributed by atoms with Gasteiger partial charge in [0.25, 0.3) is 5.69 Å². The van der Waals surface area contributed by atoms with E-state index < -0.39 is 0 Å². The highest BCUT2D eigenvalue weighted by Crippen LogP contribution is 2.32. The highest BCUT2D eigenvalue weighted by molar-refractivity contribution is 7.98. The van der Waals surface area contributed by atoms with Crippen LogP contribution in [0.25, 0.3) is 0 Å². The lowest BCUT2D eigenvalue weighted by molar-refractivity contribution is -0.384. The molecule has 1 aromatic carbocycles.